The predicted molar refractivity (Wildman–Crippen MR) is 56.2 cm³/mol. The van der Waals surface area contributed by atoms with Crippen molar-refractivity contribution in [2.45, 2.75) is 39.0 Å². The molecule has 0 rings (SSSR count). The standard InChI is InChI=1S/C5H11Cl.C4H9NO2/c1-2-3-4-5-6;5-3-1-2-4(6)7/h2-5H2,1H3;1-3,5H2,(H,6,7). The van der Waals surface area contributed by atoms with Crippen LogP contribution in [0.3, 0.4) is 0 Å². The zero-order chi connectivity index (χ0) is 10.5. The van der Waals surface area contributed by atoms with Crippen molar-refractivity contribution in [1.82, 2.24) is 0 Å². The summed E-state index contributed by atoms with van der Waals surface area (Å²) in [6.45, 7) is 2.64. The Hall–Kier alpha value is -0.280. The summed E-state index contributed by atoms with van der Waals surface area (Å²) < 4.78 is 0. The highest BCUT2D eigenvalue weighted by Gasteiger charge is 1.91. The molecule has 0 spiro atoms. The van der Waals surface area contributed by atoms with Crippen LogP contribution in [-0.2, 0) is 4.79 Å². The third kappa shape index (κ3) is 24.5. The van der Waals surface area contributed by atoms with Crippen molar-refractivity contribution >= 4 is 17.6 Å². The highest BCUT2D eigenvalue weighted by molar-refractivity contribution is 6.17. The molecule has 0 radical (unpaired) electrons. The number of unbranched alkanes of at least 4 members (excludes halogenated alkanes) is 2. The Balaban J connectivity index is 0. The fourth-order valence-electron chi connectivity index (χ4n) is 0.598. The van der Waals surface area contributed by atoms with Crippen LogP contribution in [0.15, 0.2) is 0 Å². The van der Waals surface area contributed by atoms with Crippen LogP contribution in [0, 0.1) is 0 Å². The molecule has 4 heteroatoms. The van der Waals surface area contributed by atoms with Gasteiger partial charge in [0.2, 0.25) is 0 Å². The molecular weight excluding hydrogens is 190 g/mol. The van der Waals surface area contributed by atoms with Crippen molar-refractivity contribution in [1.29, 1.82) is 0 Å². The summed E-state index contributed by atoms with van der Waals surface area (Å²) in [7, 11) is 0. The molecule has 0 aromatic carbocycles. The molecule has 0 aromatic heterocycles. The highest BCUT2D eigenvalue weighted by Crippen LogP contribution is 1.93. The molecule has 80 valence electrons. The van der Waals surface area contributed by atoms with Gasteiger partial charge in [0.25, 0.3) is 0 Å². The zero-order valence-corrected chi connectivity index (χ0v) is 9.02. The number of carboxylic acids is 1. The van der Waals surface area contributed by atoms with E-state index in [1.807, 2.05) is 0 Å². The molecule has 3 N–H and O–H groups in total. The van der Waals surface area contributed by atoms with E-state index in [0.29, 0.717) is 13.0 Å². The molecule has 0 aliphatic heterocycles. The Kier molecular flexibility index (Phi) is 16.7. The van der Waals surface area contributed by atoms with Crippen LogP contribution >= 0.6 is 11.6 Å². The largest absolute Gasteiger partial charge is 0.481 e. The first kappa shape index (κ1) is 15.2. The zero-order valence-electron chi connectivity index (χ0n) is 8.26. The summed E-state index contributed by atoms with van der Waals surface area (Å²) in [6, 6.07) is 0. The van der Waals surface area contributed by atoms with E-state index in [0.717, 1.165) is 5.88 Å². The topological polar surface area (TPSA) is 63.3 Å². The minimum atomic E-state index is -0.773. The van der Waals surface area contributed by atoms with Gasteiger partial charge in [0.15, 0.2) is 0 Å². The first-order valence-electron chi connectivity index (χ1n) is 4.66. The summed E-state index contributed by atoms with van der Waals surface area (Å²) in [5.41, 5.74) is 5.01. The number of halogens is 1. The number of aliphatic carboxylic acids is 1. The van der Waals surface area contributed by atoms with Crippen LogP contribution in [0.2, 0.25) is 0 Å². The van der Waals surface area contributed by atoms with Crippen LogP contribution in [-0.4, -0.2) is 23.5 Å². The van der Waals surface area contributed by atoms with Crippen LogP contribution in [0.1, 0.15) is 39.0 Å². The Morgan fingerprint density at radius 1 is 1.38 bits per heavy atom. The van der Waals surface area contributed by atoms with Crippen molar-refractivity contribution in [3.63, 3.8) is 0 Å². The average Bonchev–Trinajstić information content (AvgIpc) is 2.12. The Bertz CT molecular complexity index is 106. The fraction of sp³-hybridized carbons (Fsp3) is 0.889. The number of rotatable bonds is 6. The summed E-state index contributed by atoms with van der Waals surface area (Å²) in [4.78, 5) is 9.70. The van der Waals surface area contributed by atoms with Crippen molar-refractivity contribution in [2.24, 2.45) is 5.73 Å². The Labute approximate surface area is 85.3 Å². The molecule has 0 atom stereocenters. The van der Waals surface area contributed by atoms with Gasteiger partial charge in [-0.05, 0) is 19.4 Å². The minimum Gasteiger partial charge on any atom is -0.481 e. The maximum absolute atomic E-state index is 9.70. The molecule has 0 fully saturated rings. The van der Waals surface area contributed by atoms with E-state index in [1.165, 1.54) is 19.3 Å². The van der Waals surface area contributed by atoms with Crippen LogP contribution < -0.4 is 5.73 Å². The lowest BCUT2D eigenvalue weighted by molar-refractivity contribution is -0.137. The highest BCUT2D eigenvalue weighted by atomic mass is 35.5. The molecule has 0 aromatic rings. The summed E-state index contributed by atoms with van der Waals surface area (Å²) in [6.07, 6.45) is 4.50. The fourth-order valence-corrected chi connectivity index (χ4v) is 0.787. The molecule has 0 heterocycles. The molecule has 0 aliphatic carbocycles. The van der Waals surface area contributed by atoms with Gasteiger partial charge in [0, 0.05) is 12.3 Å². The first-order valence-corrected chi connectivity index (χ1v) is 5.20. The second-order valence-electron chi connectivity index (χ2n) is 2.68. The van der Waals surface area contributed by atoms with Gasteiger partial charge in [0.05, 0.1) is 0 Å². The summed E-state index contributed by atoms with van der Waals surface area (Å²) in [5, 5.41) is 7.99. The lowest BCUT2D eigenvalue weighted by Gasteiger charge is -1.86. The lowest BCUT2D eigenvalue weighted by Crippen LogP contribution is -2.02. The average molecular weight is 210 g/mol. The second kappa shape index (κ2) is 14.3. The van der Waals surface area contributed by atoms with Gasteiger partial charge in [-0.1, -0.05) is 19.8 Å². The van der Waals surface area contributed by atoms with E-state index in [2.05, 4.69) is 6.92 Å². The van der Waals surface area contributed by atoms with Gasteiger partial charge in [-0.15, -0.1) is 11.6 Å². The first-order chi connectivity index (χ1) is 6.18. The maximum Gasteiger partial charge on any atom is 0.303 e. The normalized spacial score (nSPS) is 8.85. The van der Waals surface area contributed by atoms with Crippen molar-refractivity contribution in [2.75, 3.05) is 12.4 Å². The van der Waals surface area contributed by atoms with Gasteiger partial charge < -0.3 is 10.8 Å². The monoisotopic (exact) mass is 209 g/mol. The predicted octanol–water partition coefficient (Wildman–Crippen LogP) is 2.23. The van der Waals surface area contributed by atoms with E-state index >= 15 is 0 Å². The third-order valence-corrected chi connectivity index (χ3v) is 1.60. The third-order valence-electron chi connectivity index (χ3n) is 1.33. The lowest BCUT2D eigenvalue weighted by atomic mass is 10.3. The Morgan fingerprint density at radius 2 is 2.00 bits per heavy atom. The van der Waals surface area contributed by atoms with E-state index < -0.39 is 5.97 Å². The van der Waals surface area contributed by atoms with Gasteiger partial charge in [0.1, 0.15) is 0 Å². The molecule has 0 unspecified atom stereocenters. The summed E-state index contributed by atoms with van der Waals surface area (Å²) in [5.74, 6) is 0.0545. The van der Waals surface area contributed by atoms with Gasteiger partial charge in [-0.25, -0.2) is 0 Å². The number of hydrogen-bond acceptors (Lipinski definition) is 2. The van der Waals surface area contributed by atoms with E-state index in [4.69, 9.17) is 22.4 Å². The van der Waals surface area contributed by atoms with Crippen molar-refractivity contribution in [3.8, 4) is 0 Å². The van der Waals surface area contributed by atoms with E-state index in [9.17, 15) is 4.79 Å². The molecule has 13 heavy (non-hydrogen) atoms. The van der Waals surface area contributed by atoms with Crippen LogP contribution in [0.5, 0.6) is 0 Å². The van der Waals surface area contributed by atoms with Gasteiger partial charge in [-0.2, -0.15) is 0 Å². The number of carboxylic acid groups (broad SMARTS) is 1. The van der Waals surface area contributed by atoms with Crippen LogP contribution in [0.4, 0.5) is 0 Å². The van der Waals surface area contributed by atoms with E-state index in [1.54, 1.807) is 0 Å². The molecule has 0 saturated heterocycles. The number of alkyl halides is 1. The molecular formula is C9H20ClNO2. The molecule has 3 nitrogen and oxygen atoms in total. The SMILES string of the molecule is CCCCCCl.NCCCC(=O)O. The van der Waals surface area contributed by atoms with Crippen molar-refractivity contribution in [3.05, 3.63) is 0 Å². The Morgan fingerprint density at radius 3 is 2.15 bits per heavy atom. The maximum atomic E-state index is 9.70. The molecule has 0 bridgehead atoms. The number of nitrogens with two attached hydrogens (primary N) is 1. The van der Waals surface area contributed by atoms with Gasteiger partial charge >= 0.3 is 5.97 Å². The molecule has 0 aliphatic rings. The van der Waals surface area contributed by atoms with Crippen molar-refractivity contribution < 1.29 is 9.90 Å². The van der Waals surface area contributed by atoms with E-state index in [-0.39, 0.29) is 6.42 Å². The van der Waals surface area contributed by atoms with Gasteiger partial charge in [-0.3, -0.25) is 4.79 Å². The van der Waals surface area contributed by atoms with Crippen LogP contribution in [0.25, 0.3) is 0 Å². The number of carbonyl (C=O) groups is 1. The smallest absolute Gasteiger partial charge is 0.303 e. The second-order valence-corrected chi connectivity index (χ2v) is 3.06. The molecule has 0 saturated carbocycles. The molecule has 0 amide bonds. The minimum absolute atomic E-state index is 0.191. The summed E-state index contributed by atoms with van der Waals surface area (Å²) >= 11 is 5.38. The quantitative estimate of drug-likeness (QED) is 0.521. The number of hydrogen-bond donors (Lipinski definition) is 2.